The zero-order chi connectivity index (χ0) is 27.6. The van der Waals surface area contributed by atoms with Crippen molar-refractivity contribution in [2.45, 2.75) is 26.0 Å². The number of nitrogens with one attached hydrogen (secondary N) is 1. The molecule has 198 valence electrons. The topological polar surface area (TPSA) is 71.5 Å². The quantitative estimate of drug-likeness (QED) is 0.194. The van der Waals surface area contributed by atoms with Crippen molar-refractivity contribution in [3.63, 3.8) is 0 Å². The molecule has 0 amide bonds. The number of hydrogen-bond acceptors (Lipinski definition) is 5. The Bertz CT molecular complexity index is 1680. The van der Waals surface area contributed by atoms with Crippen LogP contribution in [-0.2, 0) is 22.5 Å². The van der Waals surface area contributed by atoms with E-state index in [1.54, 1.807) is 6.07 Å². The van der Waals surface area contributed by atoms with Gasteiger partial charge in [0.15, 0.2) is 0 Å². The van der Waals surface area contributed by atoms with Crippen molar-refractivity contribution in [1.82, 2.24) is 4.98 Å². The van der Waals surface area contributed by atoms with Crippen LogP contribution >= 0.6 is 15.9 Å². The number of rotatable bonds is 6. The Labute approximate surface area is 241 Å². The molecule has 0 fully saturated rings. The molecule has 1 unspecified atom stereocenters. The predicted molar refractivity (Wildman–Crippen MR) is 162 cm³/mol. The number of ether oxygens (including phenoxy) is 1. The molecule has 6 heteroatoms. The number of carbonyl (C=O) groups excluding carboxylic acids is 1. The second-order valence-electron chi connectivity index (χ2n) is 9.83. The molecular formula is C34H27BrN2O3. The van der Waals surface area contributed by atoms with Gasteiger partial charge in [-0.05, 0) is 58.1 Å². The van der Waals surface area contributed by atoms with Crippen LogP contribution in [0.2, 0.25) is 0 Å². The summed E-state index contributed by atoms with van der Waals surface area (Å²) in [5, 5.41) is 14.6. The number of aromatic hydroxyl groups is 1. The first kappa shape index (κ1) is 25.8. The van der Waals surface area contributed by atoms with E-state index in [2.05, 4.69) is 33.4 Å². The highest BCUT2D eigenvalue weighted by molar-refractivity contribution is 9.10. The van der Waals surface area contributed by atoms with Crippen LogP contribution in [0.3, 0.4) is 0 Å². The van der Waals surface area contributed by atoms with E-state index in [1.165, 1.54) is 12.5 Å². The largest absolute Gasteiger partial charge is 0.507 e. The maximum Gasteiger partial charge on any atom is 0.303 e. The molecule has 4 aromatic carbocycles. The number of benzene rings is 4. The predicted octanol–water partition coefficient (Wildman–Crippen LogP) is 8.32. The van der Waals surface area contributed by atoms with E-state index in [9.17, 15) is 9.90 Å². The van der Waals surface area contributed by atoms with E-state index in [-0.39, 0.29) is 11.7 Å². The second-order valence-corrected chi connectivity index (χ2v) is 10.7. The molecule has 1 heterocycles. The molecule has 40 heavy (non-hydrogen) atoms. The van der Waals surface area contributed by atoms with Gasteiger partial charge < -0.3 is 15.2 Å². The summed E-state index contributed by atoms with van der Waals surface area (Å²) in [6, 6.07) is 31.9. The minimum Gasteiger partial charge on any atom is -0.507 e. The van der Waals surface area contributed by atoms with Gasteiger partial charge in [-0.1, -0.05) is 82.7 Å². The third-order valence-corrected chi connectivity index (χ3v) is 7.75. The summed E-state index contributed by atoms with van der Waals surface area (Å²) in [6.07, 6.45) is 1.75. The van der Waals surface area contributed by atoms with E-state index in [0.29, 0.717) is 18.5 Å². The Hall–Kier alpha value is -4.42. The number of pyridine rings is 1. The van der Waals surface area contributed by atoms with Gasteiger partial charge >= 0.3 is 5.97 Å². The Kier molecular flexibility index (Phi) is 7.10. The summed E-state index contributed by atoms with van der Waals surface area (Å²) >= 11 is 3.51. The number of esters is 1. The smallest absolute Gasteiger partial charge is 0.303 e. The maximum absolute atomic E-state index is 12.3. The average molecular weight is 592 g/mol. The van der Waals surface area contributed by atoms with Gasteiger partial charge in [-0.3, -0.25) is 9.78 Å². The first-order valence-electron chi connectivity index (χ1n) is 13.1. The number of anilines is 1. The van der Waals surface area contributed by atoms with E-state index in [1.807, 2.05) is 85.1 Å². The van der Waals surface area contributed by atoms with Crippen LogP contribution in [0, 0.1) is 0 Å². The highest BCUT2D eigenvalue weighted by atomic mass is 79.9. The number of hydrogen-bond donors (Lipinski definition) is 2. The van der Waals surface area contributed by atoms with Gasteiger partial charge in [0.05, 0.1) is 17.6 Å². The number of halogens is 1. The van der Waals surface area contributed by atoms with Crippen LogP contribution in [-0.4, -0.2) is 16.1 Å². The summed E-state index contributed by atoms with van der Waals surface area (Å²) in [5.74, 6) is -0.214. The van der Waals surface area contributed by atoms with Gasteiger partial charge in [0.2, 0.25) is 0 Å². The highest BCUT2D eigenvalue weighted by Gasteiger charge is 2.33. The summed E-state index contributed by atoms with van der Waals surface area (Å²) in [5.41, 5.74) is 9.21. The molecule has 0 saturated heterocycles. The van der Waals surface area contributed by atoms with Gasteiger partial charge in [-0.25, -0.2) is 0 Å². The Morgan fingerprint density at radius 2 is 1.70 bits per heavy atom. The number of aromatic nitrogens is 1. The Balaban J connectivity index is 1.41. The average Bonchev–Trinajstić information content (AvgIpc) is 2.97. The SMILES string of the molecule is CC(=O)OC1Cc2c(-c3ccc(NCc4ccccc4)cn3)cccc2-c2c(O)ccc(-c3ccc(Br)cc3)c21. The van der Waals surface area contributed by atoms with E-state index in [0.717, 1.165) is 49.2 Å². The Morgan fingerprint density at radius 3 is 2.42 bits per heavy atom. The van der Waals surface area contributed by atoms with Crippen molar-refractivity contribution in [3.05, 3.63) is 124 Å². The number of phenols is 1. The number of phenolic OH excluding ortho intramolecular Hbond substituents is 1. The number of fused-ring (bicyclic) bond motifs is 3. The van der Waals surface area contributed by atoms with Crippen molar-refractivity contribution < 1.29 is 14.6 Å². The first-order chi connectivity index (χ1) is 19.5. The zero-order valence-corrected chi connectivity index (χ0v) is 23.5. The molecule has 1 aliphatic rings. The number of carbonyl (C=O) groups is 1. The molecule has 6 rings (SSSR count). The molecule has 0 bridgehead atoms. The molecule has 5 nitrogen and oxygen atoms in total. The molecule has 0 radical (unpaired) electrons. The summed E-state index contributed by atoms with van der Waals surface area (Å²) < 4.78 is 6.89. The molecule has 1 atom stereocenters. The summed E-state index contributed by atoms with van der Waals surface area (Å²) in [7, 11) is 0. The lowest BCUT2D eigenvalue weighted by atomic mass is 9.77. The van der Waals surface area contributed by atoms with Crippen LogP contribution in [0.1, 0.15) is 29.7 Å². The zero-order valence-electron chi connectivity index (χ0n) is 21.9. The summed E-state index contributed by atoms with van der Waals surface area (Å²) in [4.78, 5) is 17.0. The molecule has 0 saturated carbocycles. The van der Waals surface area contributed by atoms with Gasteiger partial charge in [0.25, 0.3) is 0 Å². The standard InChI is InChI=1S/C34H27BrN2O3/c1-21(38)40-32-18-29-27(30-16-14-25(20-37-30)36-19-22-6-3-2-4-7-22)8-5-9-28(29)33-31(39)17-15-26(34(32)33)23-10-12-24(35)13-11-23/h2-17,20,32,36,39H,18-19H2,1H3. The van der Waals surface area contributed by atoms with Gasteiger partial charge in [-0.15, -0.1) is 0 Å². The van der Waals surface area contributed by atoms with Crippen molar-refractivity contribution in [2.75, 3.05) is 5.32 Å². The summed E-state index contributed by atoms with van der Waals surface area (Å²) in [6.45, 7) is 2.13. The lowest BCUT2D eigenvalue weighted by Gasteiger charge is -2.31. The molecule has 1 aliphatic carbocycles. The van der Waals surface area contributed by atoms with Gasteiger partial charge in [0, 0.05) is 41.1 Å². The van der Waals surface area contributed by atoms with Crippen LogP contribution in [0.25, 0.3) is 33.5 Å². The van der Waals surface area contributed by atoms with Crippen LogP contribution in [0.4, 0.5) is 5.69 Å². The van der Waals surface area contributed by atoms with Crippen molar-refractivity contribution in [3.8, 4) is 39.3 Å². The van der Waals surface area contributed by atoms with Crippen molar-refractivity contribution in [1.29, 1.82) is 0 Å². The lowest BCUT2D eigenvalue weighted by Crippen LogP contribution is -2.18. The van der Waals surface area contributed by atoms with Crippen molar-refractivity contribution >= 4 is 27.6 Å². The Morgan fingerprint density at radius 1 is 0.925 bits per heavy atom. The highest BCUT2D eigenvalue weighted by Crippen LogP contribution is 2.50. The molecule has 1 aromatic heterocycles. The van der Waals surface area contributed by atoms with Gasteiger partial charge in [-0.2, -0.15) is 0 Å². The third kappa shape index (κ3) is 5.10. The fourth-order valence-corrected chi connectivity index (χ4v) is 5.70. The second kappa shape index (κ2) is 11.0. The minimum absolute atomic E-state index is 0.152. The molecular weight excluding hydrogens is 564 g/mol. The van der Waals surface area contributed by atoms with Gasteiger partial charge in [0.1, 0.15) is 11.9 Å². The monoisotopic (exact) mass is 590 g/mol. The normalized spacial score (nSPS) is 13.7. The van der Waals surface area contributed by atoms with Crippen molar-refractivity contribution in [2.24, 2.45) is 0 Å². The van der Waals surface area contributed by atoms with E-state index < -0.39 is 6.10 Å². The van der Waals surface area contributed by atoms with E-state index in [4.69, 9.17) is 9.72 Å². The molecule has 2 N–H and O–H groups in total. The first-order valence-corrected chi connectivity index (χ1v) is 13.9. The molecule has 0 aliphatic heterocycles. The number of nitrogens with zero attached hydrogens (tertiary/aromatic N) is 1. The fraction of sp³-hybridized carbons (Fsp3) is 0.118. The lowest BCUT2D eigenvalue weighted by molar-refractivity contribution is -0.146. The van der Waals surface area contributed by atoms with E-state index >= 15 is 0 Å². The molecule has 5 aromatic rings. The maximum atomic E-state index is 12.3. The third-order valence-electron chi connectivity index (χ3n) is 7.22. The van der Waals surface area contributed by atoms with Crippen LogP contribution in [0.5, 0.6) is 5.75 Å². The molecule has 0 spiro atoms. The minimum atomic E-state index is -0.557. The van der Waals surface area contributed by atoms with Crippen LogP contribution < -0.4 is 5.32 Å². The fourth-order valence-electron chi connectivity index (χ4n) is 5.43. The van der Waals surface area contributed by atoms with Crippen LogP contribution in [0.15, 0.2) is 108 Å².